The predicted octanol–water partition coefficient (Wildman–Crippen LogP) is 3.38. The lowest BCUT2D eigenvalue weighted by atomic mass is 9.80. The summed E-state index contributed by atoms with van der Waals surface area (Å²) in [5.41, 5.74) is 1.11. The van der Waals surface area contributed by atoms with Gasteiger partial charge in [0.2, 0.25) is 5.89 Å². The Labute approximate surface area is 141 Å². The third-order valence-corrected chi connectivity index (χ3v) is 5.36. The van der Waals surface area contributed by atoms with Gasteiger partial charge in [0, 0.05) is 18.0 Å². The van der Waals surface area contributed by atoms with Gasteiger partial charge in [-0.1, -0.05) is 41.4 Å². The maximum absolute atomic E-state index is 6.20. The van der Waals surface area contributed by atoms with Crippen molar-refractivity contribution in [2.75, 3.05) is 13.1 Å². The Balaban J connectivity index is 0.00000144. The van der Waals surface area contributed by atoms with Gasteiger partial charge in [0.05, 0.1) is 5.41 Å². The van der Waals surface area contributed by atoms with E-state index in [1.807, 2.05) is 24.3 Å². The lowest BCUT2D eigenvalue weighted by Gasteiger charge is -2.22. The normalized spacial score (nSPS) is 26.7. The number of fused-ring (bicyclic) bond motifs is 1. The van der Waals surface area contributed by atoms with Crippen LogP contribution in [-0.4, -0.2) is 23.2 Å². The third kappa shape index (κ3) is 2.53. The number of hydrogen-bond donors (Lipinski definition) is 1. The average molecular weight is 340 g/mol. The van der Waals surface area contributed by atoms with Crippen LogP contribution in [0.15, 0.2) is 28.8 Å². The molecule has 1 aromatic heterocycles. The second kappa shape index (κ2) is 6.19. The zero-order valence-corrected chi connectivity index (χ0v) is 13.8. The average Bonchev–Trinajstić information content (AvgIpc) is 3.15. The van der Waals surface area contributed by atoms with Gasteiger partial charge in [-0.2, -0.15) is 4.98 Å². The topological polar surface area (TPSA) is 51.0 Å². The predicted molar refractivity (Wildman–Crippen MR) is 87.7 cm³/mol. The number of nitrogens with one attached hydrogen (secondary N) is 1. The molecule has 22 heavy (non-hydrogen) atoms. The Bertz CT molecular complexity index is 648. The van der Waals surface area contributed by atoms with E-state index < -0.39 is 0 Å². The molecule has 0 amide bonds. The van der Waals surface area contributed by atoms with E-state index in [2.05, 4.69) is 15.5 Å². The summed E-state index contributed by atoms with van der Waals surface area (Å²) in [5.74, 6) is 2.19. The van der Waals surface area contributed by atoms with Crippen LogP contribution in [0.4, 0.5) is 0 Å². The van der Waals surface area contributed by atoms with Crippen molar-refractivity contribution in [1.82, 2.24) is 15.5 Å². The first-order valence-electron chi connectivity index (χ1n) is 7.55. The van der Waals surface area contributed by atoms with Gasteiger partial charge in [0.15, 0.2) is 5.82 Å². The summed E-state index contributed by atoms with van der Waals surface area (Å²) in [5, 5.41) is 8.42. The Morgan fingerprint density at radius 2 is 2.23 bits per heavy atom. The second-order valence-electron chi connectivity index (χ2n) is 6.16. The van der Waals surface area contributed by atoms with Crippen molar-refractivity contribution in [3.05, 3.63) is 46.6 Å². The first-order chi connectivity index (χ1) is 10.3. The highest BCUT2D eigenvalue weighted by Crippen LogP contribution is 2.47. The van der Waals surface area contributed by atoms with Crippen LogP contribution in [0.5, 0.6) is 0 Å². The molecule has 2 aliphatic rings. The highest BCUT2D eigenvalue weighted by molar-refractivity contribution is 6.31. The van der Waals surface area contributed by atoms with Crippen molar-refractivity contribution in [2.45, 2.75) is 31.1 Å². The van der Waals surface area contributed by atoms with E-state index in [0.29, 0.717) is 12.3 Å². The standard InChI is InChI=1S/C16H18ClN3O.ClH/c17-13-6-2-1-4-11(13)8-14-19-15(21-20-14)16-7-3-5-12(16)9-18-10-16;/h1-2,4,6,12,18H,3,5,7-10H2;1H/t12-,16-;/m1./s1. The van der Waals surface area contributed by atoms with Crippen molar-refractivity contribution < 1.29 is 4.52 Å². The molecule has 2 atom stereocenters. The summed E-state index contributed by atoms with van der Waals surface area (Å²) >= 11 is 6.20. The molecule has 118 valence electrons. The van der Waals surface area contributed by atoms with Crippen LogP contribution in [0.25, 0.3) is 0 Å². The number of halogens is 2. The van der Waals surface area contributed by atoms with Crippen LogP contribution in [0.3, 0.4) is 0 Å². The molecule has 0 unspecified atom stereocenters. The fraction of sp³-hybridized carbons (Fsp3) is 0.500. The van der Waals surface area contributed by atoms with Gasteiger partial charge < -0.3 is 9.84 Å². The SMILES string of the molecule is Cl.Clc1ccccc1Cc1noc([C@@]23CCC[C@@H]2CNC3)n1. The van der Waals surface area contributed by atoms with Gasteiger partial charge in [0.1, 0.15) is 0 Å². The van der Waals surface area contributed by atoms with Crippen molar-refractivity contribution >= 4 is 24.0 Å². The van der Waals surface area contributed by atoms with Crippen molar-refractivity contribution in [2.24, 2.45) is 5.92 Å². The Morgan fingerprint density at radius 1 is 1.36 bits per heavy atom. The zero-order valence-electron chi connectivity index (χ0n) is 12.2. The van der Waals surface area contributed by atoms with E-state index in [1.165, 1.54) is 12.8 Å². The highest BCUT2D eigenvalue weighted by atomic mass is 35.5. The smallest absolute Gasteiger partial charge is 0.234 e. The Morgan fingerprint density at radius 3 is 3.09 bits per heavy atom. The second-order valence-corrected chi connectivity index (χ2v) is 6.57. The fourth-order valence-corrected chi connectivity index (χ4v) is 4.04. The molecule has 1 aliphatic carbocycles. The van der Waals surface area contributed by atoms with Crippen LogP contribution >= 0.6 is 24.0 Å². The van der Waals surface area contributed by atoms with E-state index >= 15 is 0 Å². The molecule has 2 heterocycles. The summed E-state index contributed by atoms with van der Waals surface area (Å²) in [4.78, 5) is 4.69. The van der Waals surface area contributed by atoms with E-state index in [-0.39, 0.29) is 17.8 Å². The minimum Gasteiger partial charge on any atom is -0.339 e. The Kier molecular flexibility index (Phi) is 4.44. The molecule has 1 saturated heterocycles. The molecular formula is C16H19Cl2N3O. The molecule has 2 fully saturated rings. The van der Waals surface area contributed by atoms with Crippen LogP contribution in [0.1, 0.15) is 36.5 Å². The van der Waals surface area contributed by atoms with E-state index in [9.17, 15) is 0 Å². The molecule has 0 spiro atoms. The summed E-state index contributed by atoms with van der Waals surface area (Å²) in [7, 11) is 0. The summed E-state index contributed by atoms with van der Waals surface area (Å²) in [6, 6.07) is 7.81. The Hall–Kier alpha value is -1.10. The fourth-order valence-electron chi connectivity index (χ4n) is 3.84. The number of hydrogen-bond acceptors (Lipinski definition) is 4. The van der Waals surface area contributed by atoms with Gasteiger partial charge in [0.25, 0.3) is 0 Å². The molecule has 4 rings (SSSR count). The van der Waals surface area contributed by atoms with Crippen molar-refractivity contribution in [1.29, 1.82) is 0 Å². The minimum absolute atomic E-state index is 0. The third-order valence-electron chi connectivity index (χ3n) is 4.99. The summed E-state index contributed by atoms with van der Waals surface area (Å²) in [6.07, 6.45) is 4.29. The molecule has 1 aromatic carbocycles. The molecule has 1 saturated carbocycles. The van der Waals surface area contributed by atoms with Gasteiger partial charge in [-0.05, 0) is 36.9 Å². The lowest BCUT2D eigenvalue weighted by Crippen LogP contribution is -2.31. The molecule has 0 radical (unpaired) electrons. The molecular weight excluding hydrogens is 321 g/mol. The van der Waals surface area contributed by atoms with Crippen molar-refractivity contribution in [3.8, 4) is 0 Å². The van der Waals surface area contributed by atoms with Crippen molar-refractivity contribution in [3.63, 3.8) is 0 Å². The summed E-state index contributed by atoms with van der Waals surface area (Å²) in [6.45, 7) is 2.04. The number of aromatic nitrogens is 2. The quantitative estimate of drug-likeness (QED) is 0.931. The number of rotatable bonds is 3. The van der Waals surface area contributed by atoms with Gasteiger partial charge in [-0.15, -0.1) is 12.4 Å². The maximum atomic E-state index is 6.20. The summed E-state index contributed by atoms with van der Waals surface area (Å²) < 4.78 is 5.62. The largest absolute Gasteiger partial charge is 0.339 e. The van der Waals surface area contributed by atoms with Crippen LogP contribution in [0, 0.1) is 5.92 Å². The number of nitrogens with zero attached hydrogens (tertiary/aromatic N) is 2. The lowest BCUT2D eigenvalue weighted by molar-refractivity contribution is 0.264. The zero-order chi connectivity index (χ0) is 14.3. The van der Waals surface area contributed by atoms with Gasteiger partial charge in [-0.25, -0.2) is 0 Å². The van der Waals surface area contributed by atoms with E-state index in [0.717, 1.165) is 41.8 Å². The molecule has 2 aromatic rings. The molecule has 0 bridgehead atoms. The maximum Gasteiger partial charge on any atom is 0.234 e. The minimum atomic E-state index is 0. The monoisotopic (exact) mass is 339 g/mol. The first kappa shape index (κ1) is 15.8. The molecule has 6 heteroatoms. The van der Waals surface area contributed by atoms with Crippen LogP contribution in [0.2, 0.25) is 5.02 Å². The molecule has 1 N–H and O–H groups in total. The highest BCUT2D eigenvalue weighted by Gasteiger charge is 2.51. The van der Waals surface area contributed by atoms with Crippen LogP contribution < -0.4 is 5.32 Å². The van der Waals surface area contributed by atoms with Crippen LogP contribution in [-0.2, 0) is 11.8 Å². The van der Waals surface area contributed by atoms with Gasteiger partial charge >= 0.3 is 0 Å². The van der Waals surface area contributed by atoms with E-state index in [4.69, 9.17) is 16.1 Å². The van der Waals surface area contributed by atoms with E-state index in [1.54, 1.807) is 0 Å². The first-order valence-corrected chi connectivity index (χ1v) is 7.93. The van der Waals surface area contributed by atoms with Gasteiger partial charge in [-0.3, -0.25) is 0 Å². The number of benzene rings is 1. The molecule has 4 nitrogen and oxygen atoms in total. The molecule has 1 aliphatic heterocycles.